The molecule has 0 aliphatic carbocycles. The molecule has 0 fully saturated rings. The summed E-state index contributed by atoms with van der Waals surface area (Å²) in [5, 5.41) is 5.45. The Morgan fingerprint density at radius 3 is 2.35 bits per heavy atom. The van der Waals surface area contributed by atoms with Gasteiger partial charge in [0.15, 0.2) is 0 Å². The number of nitrogens with one attached hydrogen (secondary N) is 2. The number of halogens is 1. The molecule has 0 saturated carbocycles. The molecule has 122 valence electrons. The molecule has 0 unspecified atom stereocenters. The minimum Gasteiger partial charge on any atom is -0.478 e. The third-order valence-corrected chi connectivity index (χ3v) is 3.07. The normalized spacial score (nSPS) is 10.2. The summed E-state index contributed by atoms with van der Waals surface area (Å²) in [5.74, 6) is 0.286. The number of ether oxygens (including phenoxy) is 1. The highest BCUT2D eigenvalue weighted by Crippen LogP contribution is 2.07. The van der Waals surface area contributed by atoms with Crippen molar-refractivity contribution < 1.29 is 13.9 Å². The van der Waals surface area contributed by atoms with Crippen LogP contribution in [0.3, 0.4) is 0 Å². The zero-order valence-corrected chi connectivity index (χ0v) is 13.0. The van der Waals surface area contributed by atoms with Crippen LogP contribution in [0.15, 0.2) is 42.6 Å². The van der Waals surface area contributed by atoms with Gasteiger partial charge in [0.1, 0.15) is 5.82 Å². The highest BCUT2D eigenvalue weighted by atomic mass is 19.1. The van der Waals surface area contributed by atoms with Crippen LogP contribution >= 0.6 is 0 Å². The number of hydrogen-bond donors (Lipinski definition) is 2. The molecule has 2 N–H and O–H groups in total. The van der Waals surface area contributed by atoms with E-state index in [2.05, 4.69) is 15.6 Å². The molecule has 2 amide bonds. The maximum absolute atomic E-state index is 12.8. The van der Waals surface area contributed by atoms with Gasteiger partial charge in [-0.2, -0.15) is 0 Å². The monoisotopic (exact) mass is 317 g/mol. The number of nitrogens with zero attached hydrogens (tertiary/aromatic N) is 1. The Hall–Kier alpha value is -2.63. The van der Waals surface area contributed by atoms with Crippen LogP contribution in [0.5, 0.6) is 5.88 Å². The number of rotatable bonds is 7. The van der Waals surface area contributed by atoms with E-state index >= 15 is 0 Å². The minimum atomic E-state index is -0.294. The van der Waals surface area contributed by atoms with Crippen LogP contribution in [-0.4, -0.2) is 17.6 Å². The van der Waals surface area contributed by atoms with Gasteiger partial charge in [0.05, 0.1) is 6.61 Å². The lowest BCUT2D eigenvalue weighted by atomic mass is 10.2. The lowest BCUT2D eigenvalue weighted by Gasteiger charge is -2.08. The Labute approximate surface area is 134 Å². The zero-order valence-electron chi connectivity index (χ0n) is 13.0. The fourth-order valence-electron chi connectivity index (χ4n) is 1.84. The Morgan fingerprint density at radius 1 is 1.09 bits per heavy atom. The van der Waals surface area contributed by atoms with E-state index in [9.17, 15) is 9.18 Å². The molecule has 0 saturated heterocycles. The van der Waals surface area contributed by atoms with Crippen LogP contribution in [0.1, 0.15) is 24.5 Å². The van der Waals surface area contributed by atoms with E-state index in [0.29, 0.717) is 25.6 Å². The molecule has 5 nitrogen and oxygen atoms in total. The van der Waals surface area contributed by atoms with Crippen LogP contribution in [0.25, 0.3) is 0 Å². The quantitative estimate of drug-likeness (QED) is 0.825. The first-order valence-corrected chi connectivity index (χ1v) is 7.51. The highest BCUT2D eigenvalue weighted by molar-refractivity contribution is 5.73. The average Bonchev–Trinajstić information content (AvgIpc) is 2.58. The summed E-state index contributed by atoms with van der Waals surface area (Å²) < 4.78 is 18.2. The molecule has 0 aliphatic heterocycles. The van der Waals surface area contributed by atoms with Crippen LogP contribution in [-0.2, 0) is 13.1 Å². The molecule has 2 rings (SSSR count). The van der Waals surface area contributed by atoms with Crippen molar-refractivity contribution in [2.45, 2.75) is 26.4 Å². The van der Waals surface area contributed by atoms with Crippen LogP contribution in [0.4, 0.5) is 9.18 Å². The summed E-state index contributed by atoms with van der Waals surface area (Å²) in [4.78, 5) is 15.9. The van der Waals surface area contributed by atoms with Crippen molar-refractivity contribution >= 4 is 6.03 Å². The molecule has 0 atom stereocenters. The van der Waals surface area contributed by atoms with Gasteiger partial charge in [-0.25, -0.2) is 14.2 Å². The van der Waals surface area contributed by atoms with Gasteiger partial charge < -0.3 is 15.4 Å². The number of pyridine rings is 1. The van der Waals surface area contributed by atoms with E-state index in [1.165, 1.54) is 12.1 Å². The molecule has 1 aromatic carbocycles. The molecule has 2 aromatic rings. The largest absolute Gasteiger partial charge is 0.478 e. The number of hydrogen-bond acceptors (Lipinski definition) is 3. The summed E-state index contributed by atoms with van der Waals surface area (Å²) >= 11 is 0. The standard InChI is InChI=1S/C17H20FN3O2/c1-2-9-23-16-8-5-14(11-19-16)12-21-17(22)20-10-13-3-6-15(18)7-4-13/h3-8,11H,2,9-10,12H2,1H3,(H2,20,21,22). The molecule has 0 radical (unpaired) electrons. The number of carbonyl (C=O) groups is 1. The second-order valence-electron chi connectivity index (χ2n) is 5.02. The second kappa shape index (κ2) is 8.73. The zero-order chi connectivity index (χ0) is 16.5. The highest BCUT2D eigenvalue weighted by Gasteiger charge is 2.02. The number of carbonyl (C=O) groups excluding carboxylic acids is 1. The first-order chi connectivity index (χ1) is 11.2. The molecule has 6 heteroatoms. The van der Waals surface area contributed by atoms with Crippen molar-refractivity contribution in [2.75, 3.05) is 6.61 Å². The van der Waals surface area contributed by atoms with Crippen molar-refractivity contribution in [3.05, 3.63) is 59.5 Å². The van der Waals surface area contributed by atoms with Gasteiger partial charge >= 0.3 is 6.03 Å². The summed E-state index contributed by atoms with van der Waals surface area (Å²) in [6.07, 6.45) is 2.60. The fourth-order valence-corrected chi connectivity index (χ4v) is 1.84. The van der Waals surface area contributed by atoms with Gasteiger partial charge in [-0.1, -0.05) is 25.1 Å². The predicted octanol–water partition coefficient (Wildman–Crippen LogP) is 3.01. The Kier molecular flexibility index (Phi) is 6.35. The van der Waals surface area contributed by atoms with Crippen molar-refractivity contribution in [1.82, 2.24) is 15.6 Å². The number of benzene rings is 1. The third-order valence-electron chi connectivity index (χ3n) is 3.07. The van der Waals surface area contributed by atoms with Crippen LogP contribution < -0.4 is 15.4 Å². The van der Waals surface area contributed by atoms with E-state index < -0.39 is 0 Å². The molecule has 1 aromatic heterocycles. The Bertz CT molecular complexity index is 615. The molecular weight excluding hydrogens is 297 g/mol. The summed E-state index contributed by atoms with van der Waals surface area (Å²) in [6, 6.07) is 9.34. The number of aromatic nitrogens is 1. The molecule has 0 spiro atoms. The van der Waals surface area contributed by atoms with E-state index in [-0.39, 0.29) is 11.8 Å². The van der Waals surface area contributed by atoms with E-state index in [1.54, 1.807) is 24.4 Å². The predicted molar refractivity (Wildman–Crippen MR) is 85.5 cm³/mol. The SMILES string of the molecule is CCCOc1ccc(CNC(=O)NCc2ccc(F)cc2)cn1. The van der Waals surface area contributed by atoms with Crippen LogP contribution in [0.2, 0.25) is 0 Å². The van der Waals surface area contributed by atoms with E-state index in [1.807, 2.05) is 13.0 Å². The lowest BCUT2D eigenvalue weighted by Crippen LogP contribution is -2.34. The summed E-state index contributed by atoms with van der Waals surface area (Å²) in [5.41, 5.74) is 1.71. The van der Waals surface area contributed by atoms with Gasteiger partial charge in [-0.05, 0) is 29.7 Å². The van der Waals surface area contributed by atoms with Gasteiger partial charge in [0, 0.05) is 25.4 Å². The maximum Gasteiger partial charge on any atom is 0.315 e. The van der Waals surface area contributed by atoms with Crippen molar-refractivity contribution in [2.24, 2.45) is 0 Å². The molecule has 0 bridgehead atoms. The average molecular weight is 317 g/mol. The molecule has 0 aliphatic rings. The van der Waals surface area contributed by atoms with Crippen molar-refractivity contribution in [3.8, 4) is 5.88 Å². The fraction of sp³-hybridized carbons (Fsp3) is 0.294. The third kappa shape index (κ3) is 5.94. The minimum absolute atomic E-state index is 0.291. The number of urea groups is 1. The number of amides is 2. The smallest absolute Gasteiger partial charge is 0.315 e. The Morgan fingerprint density at radius 2 is 1.74 bits per heavy atom. The molecule has 1 heterocycles. The van der Waals surface area contributed by atoms with E-state index in [0.717, 1.165) is 17.5 Å². The topological polar surface area (TPSA) is 63.2 Å². The van der Waals surface area contributed by atoms with Gasteiger partial charge in [0.2, 0.25) is 5.88 Å². The Balaban J connectivity index is 1.72. The van der Waals surface area contributed by atoms with E-state index in [4.69, 9.17) is 4.74 Å². The lowest BCUT2D eigenvalue weighted by molar-refractivity contribution is 0.240. The van der Waals surface area contributed by atoms with Gasteiger partial charge in [0.25, 0.3) is 0 Å². The first-order valence-electron chi connectivity index (χ1n) is 7.51. The molecular formula is C17H20FN3O2. The second-order valence-corrected chi connectivity index (χ2v) is 5.02. The van der Waals surface area contributed by atoms with Crippen molar-refractivity contribution in [3.63, 3.8) is 0 Å². The molecule has 23 heavy (non-hydrogen) atoms. The van der Waals surface area contributed by atoms with Crippen LogP contribution in [0, 0.1) is 5.82 Å². The maximum atomic E-state index is 12.8. The van der Waals surface area contributed by atoms with Gasteiger partial charge in [-0.15, -0.1) is 0 Å². The summed E-state index contributed by atoms with van der Waals surface area (Å²) in [7, 11) is 0. The summed E-state index contributed by atoms with van der Waals surface area (Å²) in [6.45, 7) is 3.38. The van der Waals surface area contributed by atoms with Crippen molar-refractivity contribution in [1.29, 1.82) is 0 Å². The first kappa shape index (κ1) is 16.7. The van der Waals surface area contributed by atoms with Gasteiger partial charge in [-0.3, -0.25) is 0 Å².